The van der Waals surface area contributed by atoms with Gasteiger partial charge in [-0.25, -0.2) is 4.39 Å². The van der Waals surface area contributed by atoms with E-state index >= 15 is 0 Å². The first kappa shape index (κ1) is 12.8. The van der Waals surface area contributed by atoms with Crippen molar-refractivity contribution in [1.29, 1.82) is 0 Å². The molecular formula is C13H7BrClFN2S. The van der Waals surface area contributed by atoms with Gasteiger partial charge in [0.25, 0.3) is 0 Å². The van der Waals surface area contributed by atoms with Crippen LogP contribution in [0.3, 0.4) is 0 Å². The van der Waals surface area contributed by atoms with Gasteiger partial charge in [-0.05, 0) is 58.5 Å². The lowest BCUT2D eigenvalue weighted by atomic mass is 10.2. The first-order valence-corrected chi connectivity index (χ1v) is 7.00. The molecule has 6 heteroatoms. The summed E-state index contributed by atoms with van der Waals surface area (Å²) in [4.78, 5) is 3.06. The van der Waals surface area contributed by atoms with Gasteiger partial charge in [-0.15, -0.1) is 0 Å². The smallest absolute Gasteiger partial charge is 0.182 e. The van der Waals surface area contributed by atoms with Crippen LogP contribution in [0.2, 0.25) is 5.02 Å². The van der Waals surface area contributed by atoms with Crippen molar-refractivity contribution in [2.75, 3.05) is 0 Å². The van der Waals surface area contributed by atoms with Gasteiger partial charge in [0.2, 0.25) is 0 Å². The number of aromatic nitrogens is 2. The van der Waals surface area contributed by atoms with Crippen molar-refractivity contribution in [2.45, 2.75) is 0 Å². The highest BCUT2D eigenvalue weighted by Crippen LogP contribution is 2.27. The van der Waals surface area contributed by atoms with Crippen LogP contribution in [-0.4, -0.2) is 9.55 Å². The van der Waals surface area contributed by atoms with Crippen LogP contribution in [0.4, 0.5) is 4.39 Å². The Kier molecular flexibility index (Phi) is 3.20. The fourth-order valence-electron chi connectivity index (χ4n) is 1.99. The third-order valence-electron chi connectivity index (χ3n) is 2.82. The van der Waals surface area contributed by atoms with Crippen molar-refractivity contribution < 1.29 is 4.39 Å². The van der Waals surface area contributed by atoms with Crippen LogP contribution >= 0.6 is 39.7 Å². The topological polar surface area (TPSA) is 20.7 Å². The van der Waals surface area contributed by atoms with Gasteiger partial charge >= 0.3 is 0 Å². The normalized spacial score (nSPS) is 11.1. The fourth-order valence-corrected chi connectivity index (χ4v) is 2.80. The van der Waals surface area contributed by atoms with E-state index in [1.54, 1.807) is 22.8 Å². The van der Waals surface area contributed by atoms with E-state index < -0.39 is 0 Å². The summed E-state index contributed by atoms with van der Waals surface area (Å²) >= 11 is 14.6. The van der Waals surface area contributed by atoms with Crippen LogP contribution in [0, 0.1) is 10.6 Å². The first-order valence-electron chi connectivity index (χ1n) is 5.42. The number of nitrogens with zero attached hydrogens (tertiary/aromatic N) is 1. The lowest BCUT2D eigenvalue weighted by Crippen LogP contribution is -1.95. The highest BCUT2D eigenvalue weighted by Gasteiger charge is 2.11. The predicted molar refractivity (Wildman–Crippen MR) is 81.1 cm³/mol. The minimum atomic E-state index is -0.346. The second kappa shape index (κ2) is 4.74. The lowest BCUT2D eigenvalue weighted by Gasteiger charge is -2.06. The highest BCUT2D eigenvalue weighted by molar-refractivity contribution is 9.10. The molecule has 0 saturated heterocycles. The number of fused-ring (bicyclic) bond motifs is 1. The second-order valence-corrected chi connectivity index (χ2v) is 5.65. The molecule has 1 aromatic heterocycles. The average Bonchev–Trinajstić information content (AvgIpc) is 2.70. The molecule has 0 radical (unpaired) electrons. The molecule has 96 valence electrons. The summed E-state index contributed by atoms with van der Waals surface area (Å²) in [7, 11) is 0. The van der Waals surface area contributed by atoms with Crippen LogP contribution in [0.25, 0.3) is 16.7 Å². The zero-order chi connectivity index (χ0) is 13.6. The van der Waals surface area contributed by atoms with Crippen molar-refractivity contribution in [3.05, 3.63) is 56.5 Å². The van der Waals surface area contributed by atoms with E-state index in [0.29, 0.717) is 20.0 Å². The van der Waals surface area contributed by atoms with Gasteiger partial charge in [-0.3, -0.25) is 4.57 Å². The monoisotopic (exact) mass is 356 g/mol. The molecule has 0 atom stereocenters. The summed E-state index contributed by atoms with van der Waals surface area (Å²) in [5.74, 6) is -0.346. The third-order valence-corrected chi connectivity index (χ3v) is 4.05. The Morgan fingerprint density at radius 1 is 1.26 bits per heavy atom. The first-order chi connectivity index (χ1) is 9.08. The van der Waals surface area contributed by atoms with Crippen LogP contribution in [0.5, 0.6) is 0 Å². The fraction of sp³-hybridized carbons (Fsp3) is 0. The van der Waals surface area contributed by atoms with E-state index in [0.717, 1.165) is 11.0 Å². The van der Waals surface area contributed by atoms with E-state index in [9.17, 15) is 4.39 Å². The molecule has 0 unspecified atom stereocenters. The predicted octanol–water partition coefficient (Wildman–Crippen LogP) is 5.24. The SMILES string of the molecule is Fc1cc(-n2c(=S)[nH]c3cccc(Cl)c32)ccc1Br. The molecule has 2 nitrogen and oxygen atoms in total. The van der Waals surface area contributed by atoms with E-state index in [1.807, 2.05) is 12.1 Å². The number of rotatable bonds is 1. The number of nitrogens with one attached hydrogen (secondary N) is 1. The zero-order valence-electron chi connectivity index (χ0n) is 9.45. The quantitative estimate of drug-likeness (QED) is 0.590. The molecule has 0 fully saturated rings. The number of imidazole rings is 1. The van der Waals surface area contributed by atoms with Crippen molar-refractivity contribution in [3.8, 4) is 5.69 Å². The molecule has 1 heterocycles. The molecule has 0 amide bonds. The van der Waals surface area contributed by atoms with Gasteiger partial charge in [0.1, 0.15) is 5.82 Å². The number of hydrogen-bond acceptors (Lipinski definition) is 1. The molecule has 19 heavy (non-hydrogen) atoms. The van der Waals surface area contributed by atoms with Crippen molar-refractivity contribution in [3.63, 3.8) is 0 Å². The molecule has 0 saturated carbocycles. The van der Waals surface area contributed by atoms with Crippen molar-refractivity contribution >= 4 is 50.8 Å². The molecule has 2 aromatic carbocycles. The molecular weight excluding hydrogens is 351 g/mol. The maximum absolute atomic E-state index is 13.7. The Bertz CT molecular complexity index is 840. The molecule has 1 N–H and O–H groups in total. The largest absolute Gasteiger partial charge is 0.330 e. The van der Waals surface area contributed by atoms with Crippen molar-refractivity contribution in [2.24, 2.45) is 0 Å². The number of benzene rings is 2. The Labute approximate surface area is 127 Å². The maximum atomic E-state index is 13.7. The minimum Gasteiger partial charge on any atom is -0.330 e. The van der Waals surface area contributed by atoms with Crippen LogP contribution in [0.15, 0.2) is 40.9 Å². The Balaban J connectivity index is 2.39. The highest BCUT2D eigenvalue weighted by atomic mass is 79.9. The van der Waals surface area contributed by atoms with Gasteiger partial charge < -0.3 is 4.98 Å². The molecule has 0 aliphatic rings. The zero-order valence-corrected chi connectivity index (χ0v) is 12.6. The average molecular weight is 358 g/mol. The summed E-state index contributed by atoms with van der Waals surface area (Å²) < 4.78 is 16.3. The summed E-state index contributed by atoms with van der Waals surface area (Å²) in [6.07, 6.45) is 0. The van der Waals surface area contributed by atoms with Crippen LogP contribution in [0.1, 0.15) is 0 Å². The van der Waals surface area contributed by atoms with Crippen LogP contribution < -0.4 is 0 Å². The summed E-state index contributed by atoms with van der Waals surface area (Å²) in [6, 6.07) is 10.3. The van der Waals surface area contributed by atoms with Gasteiger partial charge in [0, 0.05) is 0 Å². The van der Waals surface area contributed by atoms with Gasteiger partial charge in [0.15, 0.2) is 4.77 Å². The number of hydrogen-bond donors (Lipinski definition) is 1. The van der Waals surface area contributed by atoms with E-state index in [-0.39, 0.29) is 5.82 Å². The number of halogens is 3. The number of aromatic amines is 1. The molecule has 0 aliphatic carbocycles. The molecule has 0 bridgehead atoms. The Hall–Kier alpha value is -1.17. The van der Waals surface area contributed by atoms with Gasteiger partial charge in [0.05, 0.1) is 26.2 Å². The van der Waals surface area contributed by atoms with Crippen molar-refractivity contribution in [1.82, 2.24) is 9.55 Å². The summed E-state index contributed by atoms with van der Waals surface area (Å²) in [5.41, 5.74) is 2.20. The van der Waals surface area contributed by atoms with Crippen LogP contribution in [-0.2, 0) is 0 Å². The second-order valence-electron chi connectivity index (χ2n) is 4.00. The minimum absolute atomic E-state index is 0.346. The van der Waals surface area contributed by atoms with E-state index in [2.05, 4.69) is 20.9 Å². The number of para-hydroxylation sites is 1. The van der Waals surface area contributed by atoms with Gasteiger partial charge in [-0.1, -0.05) is 17.7 Å². The summed E-state index contributed by atoms with van der Waals surface area (Å²) in [5, 5.41) is 0.563. The number of H-pyrrole nitrogens is 1. The van der Waals surface area contributed by atoms with Gasteiger partial charge in [-0.2, -0.15) is 0 Å². The Morgan fingerprint density at radius 2 is 2.05 bits per heavy atom. The maximum Gasteiger partial charge on any atom is 0.182 e. The van der Waals surface area contributed by atoms with E-state index in [1.165, 1.54) is 6.07 Å². The molecule has 0 aliphatic heterocycles. The standard InChI is InChI=1S/C13H7BrClFN2S/c14-8-5-4-7(6-10(8)16)18-12-9(15)2-1-3-11(12)17-13(18)19/h1-6H,(H,17,19). The molecule has 3 aromatic rings. The molecule has 3 rings (SSSR count). The van der Waals surface area contributed by atoms with E-state index in [4.69, 9.17) is 23.8 Å². The lowest BCUT2D eigenvalue weighted by molar-refractivity contribution is 0.620. The third kappa shape index (κ3) is 2.12. The molecule has 0 spiro atoms. The summed E-state index contributed by atoms with van der Waals surface area (Å²) in [6.45, 7) is 0. The Morgan fingerprint density at radius 3 is 2.79 bits per heavy atom.